The number of hydrogen-bond donors (Lipinski definition) is 1. The van der Waals surface area contributed by atoms with Gasteiger partial charge < -0.3 is 14.8 Å². The molecule has 1 rings (SSSR count). The molecule has 2 atom stereocenters. The third-order valence-corrected chi connectivity index (χ3v) is 2.51. The summed E-state index contributed by atoms with van der Waals surface area (Å²) in [5.74, 6) is 0.628. The van der Waals surface area contributed by atoms with E-state index < -0.39 is 0 Å². The molecule has 1 N–H and O–H groups in total. The molecular formula is C10H21NO2. The molecule has 2 unspecified atom stereocenters. The third kappa shape index (κ3) is 3.63. The highest BCUT2D eigenvalue weighted by Crippen LogP contribution is 2.17. The smallest absolute Gasteiger partial charge is 0.0626 e. The Labute approximate surface area is 80.8 Å². The standard InChI is InChI=1S/C10H21NO2/c1-8(2)13-7-10(11-3)9-4-5-12-6-9/h8-11H,4-7H2,1-3H3. The minimum absolute atomic E-state index is 0.318. The van der Waals surface area contributed by atoms with Gasteiger partial charge in [0.05, 0.1) is 19.3 Å². The predicted octanol–water partition coefficient (Wildman–Crippen LogP) is 1.04. The van der Waals surface area contributed by atoms with Gasteiger partial charge in [0.1, 0.15) is 0 Å². The lowest BCUT2D eigenvalue weighted by molar-refractivity contribution is 0.0477. The summed E-state index contributed by atoms with van der Waals surface area (Å²) in [6.07, 6.45) is 1.48. The van der Waals surface area contributed by atoms with Crippen LogP contribution in [0, 0.1) is 5.92 Å². The first-order valence-corrected chi connectivity index (χ1v) is 5.10. The van der Waals surface area contributed by atoms with Crippen molar-refractivity contribution >= 4 is 0 Å². The highest BCUT2D eigenvalue weighted by molar-refractivity contribution is 4.78. The van der Waals surface area contributed by atoms with Gasteiger partial charge in [0, 0.05) is 18.6 Å². The summed E-state index contributed by atoms with van der Waals surface area (Å²) in [5, 5.41) is 3.29. The third-order valence-electron chi connectivity index (χ3n) is 2.51. The van der Waals surface area contributed by atoms with Crippen molar-refractivity contribution in [2.45, 2.75) is 32.4 Å². The Kier molecular flexibility index (Phi) is 4.70. The summed E-state index contributed by atoms with van der Waals surface area (Å²) in [5.41, 5.74) is 0. The van der Waals surface area contributed by atoms with Crippen LogP contribution in [0.1, 0.15) is 20.3 Å². The van der Waals surface area contributed by atoms with Crippen LogP contribution in [-0.4, -0.2) is 39.0 Å². The molecule has 0 saturated carbocycles. The van der Waals surface area contributed by atoms with Gasteiger partial charge in [-0.15, -0.1) is 0 Å². The van der Waals surface area contributed by atoms with E-state index in [4.69, 9.17) is 9.47 Å². The summed E-state index contributed by atoms with van der Waals surface area (Å²) < 4.78 is 10.9. The zero-order valence-electron chi connectivity index (χ0n) is 8.88. The van der Waals surface area contributed by atoms with Crippen molar-refractivity contribution in [1.82, 2.24) is 5.32 Å². The van der Waals surface area contributed by atoms with E-state index in [0.29, 0.717) is 18.1 Å². The van der Waals surface area contributed by atoms with E-state index in [1.54, 1.807) is 0 Å². The van der Waals surface area contributed by atoms with Crippen LogP contribution in [0.5, 0.6) is 0 Å². The molecule has 1 aliphatic rings. The highest BCUT2D eigenvalue weighted by atomic mass is 16.5. The highest BCUT2D eigenvalue weighted by Gasteiger charge is 2.24. The van der Waals surface area contributed by atoms with Gasteiger partial charge in [-0.3, -0.25) is 0 Å². The van der Waals surface area contributed by atoms with E-state index >= 15 is 0 Å². The van der Waals surface area contributed by atoms with E-state index in [1.165, 1.54) is 0 Å². The Morgan fingerprint density at radius 2 is 2.31 bits per heavy atom. The van der Waals surface area contributed by atoms with Gasteiger partial charge in [0.2, 0.25) is 0 Å². The Balaban J connectivity index is 2.24. The first-order chi connectivity index (χ1) is 6.24. The van der Waals surface area contributed by atoms with Crippen LogP contribution in [0.4, 0.5) is 0 Å². The minimum Gasteiger partial charge on any atom is -0.381 e. The number of rotatable bonds is 5. The van der Waals surface area contributed by atoms with Gasteiger partial charge in [-0.2, -0.15) is 0 Å². The number of ether oxygens (including phenoxy) is 2. The maximum atomic E-state index is 5.59. The van der Waals surface area contributed by atoms with Gasteiger partial charge >= 0.3 is 0 Å². The normalized spacial score (nSPS) is 25.4. The first-order valence-electron chi connectivity index (χ1n) is 5.10. The molecule has 13 heavy (non-hydrogen) atoms. The zero-order chi connectivity index (χ0) is 9.68. The zero-order valence-corrected chi connectivity index (χ0v) is 8.88. The molecule has 0 aromatic heterocycles. The molecule has 0 bridgehead atoms. The van der Waals surface area contributed by atoms with Crippen LogP contribution >= 0.6 is 0 Å². The maximum Gasteiger partial charge on any atom is 0.0626 e. The summed E-state index contributed by atoms with van der Waals surface area (Å²) in [7, 11) is 1.99. The monoisotopic (exact) mass is 187 g/mol. The van der Waals surface area contributed by atoms with E-state index in [9.17, 15) is 0 Å². The lowest BCUT2D eigenvalue weighted by Crippen LogP contribution is -2.38. The molecule has 0 aromatic rings. The molecule has 3 heteroatoms. The fourth-order valence-electron chi connectivity index (χ4n) is 1.62. The van der Waals surface area contributed by atoms with Crippen molar-refractivity contribution in [3.63, 3.8) is 0 Å². The van der Waals surface area contributed by atoms with Crippen molar-refractivity contribution in [2.24, 2.45) is 5.92 Å². The van der Waals surface area contributed by atoms with Crippen LogP contribution in [0.15, 0.2) is 0 Å². The quantitative estimate of drug-likeness (QED) is 0.697. The Morgan fingerprint density at radius 1 is 1.54 bits per heavy atom. The summed E-state index contributed by atoms with van der Waals surface area (Å²) in [6.45, 7) is 6.72. The van der Waals surface area contributed by atoms with E-state index in [-0.39, 0.29) is 0 Å². The Morgan fingerprint density at radius 3 is 2.77 bits per heavy atom. The molecule has 1 fully saturated rings. The van der Waals surface area contributed by atoms with Gasteiger partial charge in [-0.05, 0) is 27.3 Å². The topological polar surface area (TPSA) is 30.5 Å². The van der Waals surface area contributed by atoms with Crippen molar-refractivity contribution in [2.75, 3.05) is 26.9 Å². The molecule has 0 spiro atoms. The van der Waals surface area contributed by atoms with Gasteiger partial charge in [-0.25, -0.2) is 0 Å². The van der Waals surface area contributed by atoms with Crippen molar-refractivity contribution in [3.8, 4) is 0 Å². The van der Waals surface area contributed by atoms with Crippen LogP contribution in [0.25, 0.3) is 0 Å². The minimum atomic E-state index is 0.318. The van der Waals surface area contributed by atoms with Crippen LogP contribution < -0.4 is 5.32 Å². The maximum absolute atomic E-state index is 5.59. The van der Waals surface area contributed by atoms with E-state index in [0.717, 1.165) is 26.2 Å². The fraction of sp³-hybridized carbons (Fsp3) is 1.00. The van der Waals surface area contributed by atoms with E-state index in [1.807, 2.05) is 7.05 Å². The lowest BCUT2D eigenvalue weighted by Gasteiger charge is -2.22. The summed E-state index contributed by atoms with van der Waals surface area (Å²) in [4.78, 5) is 0. The fourth-order valence-corrected chi connectivity index (χ4v) is 1.62. The largest absolute Gasteiger partial charge is 0.381 e. The lowest BCUT2D eigenvalue weighted by atomic mass is 10.00. The number of likely N-dealkylation sites (N-methyl/N-ethyl adjacent to an activating group) is 1. The average Bonchev–Trinajstić information content (AvgIpc) is 2.58. The second kappa shape index (κ2) is 5.58. The van der Waals surface area contributed by atoms with Crippen molar-refractivity contribution in [1.29, 1.82) is 0 Å². The average molecular weight is 187 g/mol. The summed E-state index contributed by atoms with van der Waals surface area (Å²) in [6, 6.07) is 0.449. The molecule has 1 aliphatic heterocycles. The van der Waals surface area contributed by atoms with Crippen molar-refractivity contribution < 1.29 is 9.47 Å². The molecule has 0 aromatic carbocycles. The second-order valence-corrected chi connectivity index (χ2v) is 3.90. The van der Waals surface area contributed by atoms with Gasteiger partial charge in [-0.1, -0.05) is 0 Å². The molecule has 1 heterocycles. The van der Waals surface area contributed by atoms with Crippen LogP contribution in [0.3, 0.4) is 0 Å². The number of nitrogens with one attached hydrogen (secondary N) is 1. The van der Waals surface area contributed by atoms with Crippen LogP contribution in [-0.2, 0) is 9.47 Å². The van der Waals surface area contributed by atoms with E-state index in [2.05, 4.69) is 19.2 Å². The molecule has 3 nitrogen and oxygen atoms in total. The molecule has 0 radical (unpaired) electrons. The molecular weight excluding hydrogens is 166 g/mol. The number of hydrogen-bond acceptors (Lipinski definition) is 3. The molecule has 1 saturated heterocycles. The molecule has 78 valence electrons. The molecule has 0 amide bonds. The summed E-state index contributed by atoms with van der Waals surface area (Å²) >= 11 is 0. The van der Waals surface area contributed by atoms with Crippen molar-refractivity contribution in [3.05, 3.63) is 0 Å². The van der Waals surface area contributed by atoms with Crippen LogP contribution in [0.2, 0.25) is 0 Å². The Hall–Kier alpha value is -0.120. The van der Waals surface area contributed by atoms with Gasteiger partial charge in [0.15, 0.2) is 0 Å². The Bertz CT molecular complexity index is 133. The predicted molar refractivity (Wildman–Crippen MR) is 52.9 cm³/mol. The van der Waals surface area contributed by atoms with Gasteiger partial charge in [0.25, 0.3) is 0 Å². The molecule has 0 aliphatic carbocycles. The first kappa shape index (κ1) is 11.0. The SMILES string of the molecule is CNC(COC(C)C)C1CCOC1. The second-order valence-electron chi connectivity index (χ2n) is 3.90.